The Labute approximate surface area is 87.6 Å². The van der Waals surface area contributed by atoms with Crippen molar-refractivity contribution in [1.29, 1.82) is 0 Å². The fourth-order valence-corrected chi connectivity index (χ4v) is 2.65. The number of hydrogen-bond donors (Lipinski definition) is 0. The molecule has 2 heterocycles. The van der Waals surface area contributed by atoms with Crippen molar-refractivity contribution in [2.45, 2.75) is 6.16 Å². The topological polar surface area (TPSA) is 51.6 Å². The molecule has 1 unspecified atom stereocenters. The van der Waals surface area contributed by atoms with Gasteiger partial charge < -0.3 is 0 Å². The average Bonchev–Trinajstić information content (AvgIpc) is 2.68. The number of hydrogen-bond acceptors (Lipinski definition) is 5. The van der Waals surface area contributed by atoms with Crippen LogP contribution in [0.4, 0.5) is 0 Å². The van der Waals surface area contributed by atoms with Crippen LogP contribution in [0.1, 0.15) is 5.01 Å². The van der Waals surface area contributed by atoms with E-state index in [4.69, 9.17) is 0 Å². The molecule has 2 rings (SSSR count). The molecule has 0 N–H and O–H groups in total. The van der Waals surface area contributed by atoms with Gasteiger partial charge in [-0.2, -0.15) is 0 Å². The quantitative estimate of drug-likeness (QED) is 0.746. The predicted molar refractivity (Wildman–Crippen MR) is 58.9 cm³/mol. The zero-order chi connectivity index (χ0) is 9.80. The van der Waals surface area contributed by atoms with Crippen LogP contribution in [-0.4, -0.2) is 26.8 Å². The minimum absolute atomic E-state index is 0.663. The van der Waals surface area contributed by atoms with Gasteiger partial charge in [0.15, 0.2) is 10.8 Å². The lowest BCUT2D eigenvalue weighted by Crippen LogP contribution is -1.85. The zero-order valence-electron chi connectivity index (χ0n) is 7.64. The van der Waals surface area contributed by atoms with Crippen molar-refractivity contribution in [1.82, 2.24) is 20.2 Å². The highest BCUT2D eigenvalue weighted by Crippen LogP contribution is 2.23. The van der Waals surface area contributed by atoms with E-state index in [-0.39, 0.29) is 0 Å². The van der Waals surface area contributed by atoms with Crippen LogP contribution in [0, 0.1) is 0 Å². The summed E-state index contributed by atoms with van der Waals surface area (Å²) in [6.07, 6.45) is 4.43. The Morgan fingerprint density at radius 3 is 2.79 bits per heavy atom. The average molecular weight is 224 g/mol. The van der Waals surface area contributed by atoms with E-state index < -0.39 is 0 Å². The summed E-state index contributed by atoms with van der Waals surface area (Å²) in [6, 6.07) is 1.79. The van der Waals surface area contributed by atoms with Crippen molar-refractivity contribution >= 4 is 19.9 Å². The first-order chi connectivity index (χ1) is 6.90. The predicted octanol–water partition coefficient (Wildman–Crippen LogP) is 1.80. The Morgan fingerprint density at radius 1 is 1.29 bits per heavy atom. The Morgan fingerprint density at radius 2 is 2.07 bits per heavy atom. The number of aromatic nitrogens is 4. The molecule has 0 saturated carbocycles. The second-order valence-electron chi connectivity index (χ2n) is 2.60. The summed E-state index contributed by atoms with van der Waals surface area (Å²) in [6.45, 7) is 2.15. The highest BCUT2D eigenvalue weighted by atomic mass is 32.1. The van der Waals surface area contributed by atoms with Crippen molar-refractivity contribution < 1.29 is 0 Å². The van der Waals surface area contributed by atoms with Crippen molar-refractivity contribution in [2.24, 2.45) is 0 Å². The lowest BCUT2D eigenvalue weighted by atomic mass is 10.6. The molecule has 0 aliphatic carbocycles. The van der Waals surface area contributed by atoms with Gasteiger partial charge in [-0.3, -0.25) is 0 Å². The Balaban J connectivity index is 2.25. The van der Waals surface area contributed by atoms with E-state index in [0.717, 1.165) is 24.8 Å². The maximum atomic E-state index is 4.12. The summed E-state index contributed by atoms with van der Waals surface area (Å²) in [5.41, 5.74) is 0. The van der Waals surface area contributed by atoms with Crippen LogP contribution in [0.2, 0.25) is 0 Å². The number of nitrogens with zero attached hydrogens (tertiary/aromatic N) is 4. The van der Waals surface area contributed by atoms with Gasteiger partial charge in [0.25, 0.3) is 0 Å². The summed E-state index contributed by atoms with van der Waals surface area (Å²) in [4.78, 5) is 8.24. The highest BCUT2D eigenvalue weighted by Gasteiger charge is 2.07. The minimum Gasteiger partial charge on any atom is -0.234 e. The third-order valence-electron chi connectivity index (χ3n) is 1.55. The van der Waals surface area contributed by atoms with Crippen molar-refractivity contribution in [2.75, 3.05) is 6.66 Å². The third kappa shape index (κ3) is 2.11. The van der Waals surface area contributed by atoms with Gasteiger partial charge in [0.1, 0.15) is 5.01 Å². The molecule has 72 valence electrons. The van der Waals surface area contributed by atoms with Gasteiger partial charge in [-0.05, 0) is 12.7 Å². The summed E-state index contributed by atoms with van der Waals surface area (Å²) in [5.74, 6) is 0.663. The molecule has 0 radical (unpaired) electrons. The van der Waals surface area contributed by atoms with E-state index in [0.29, 0.717) is 5.82 Å². The molecule has 2 aromatic heterocycles. The van der Waals surface area contributed by atoms with E-state index in [2.05, 4.69) is 26.8 Å². The van der Waals surface area contributed by atoms with E-state index in [1.54, 1.807) is 29.8 Å². The molecule has 0 saturated heterocycles. The molecular formula is C8H9N4PS. The van der Waals surface area contributed by atoms with Gasteiger partial charge >= 0.3 is 0 Å². The van der Waals surface area contributed by atoms with Crippen LogP contribution in [0.5, 0.6) is 0 Å². The first-order valence-corrected chi connectivity index (χ1v) is 6.67. The summed E-state index contributed by atoms with van der Waals surface area (Å²) in [5, 5.41) is 10.00. The molecule has 0 aliphatic heterocycles. The molecule has 0 fully saturated rings. The first kappa shape index (κ1) is 9.62. The molecule has 0 amide bonds. The maximum Gasteiger partial charge on any atom is 0.190 e. The van der Waals surface area contributed by atoms with E-state index in [9.17, 15) is 0 Å². The molecule has 0 aromatic carbocycles. The van der Waals surface area contributed by atoms with Gasteiger partial charge in [-0.25, -0.2) is 9.97 Å². The largest absolute Gasteiger partial charge is 0.234 e. The molecule has 14 heavy (non-hydrogen) atoms. The van der Waals surface area contributed by atoms with Crippen LogP contribution < -0.4 is 0 Å². The van der Waals surface area contributed by atoms with Crippen molar-refractivity contribution in [3.63, 3.8) is 0 Å². The SMILES string of the molecule is CPCc1nnc(-c2ncccn2)s1. The second kappa shape index (κ2) is 4.53. The van der Waals surface area contributed by atoms with Gasteiger partial charge in [-0.15, -0.1) is 18.8 Å². The second-order valence-corrected chi connectivity index (χ2v) is 4.73. The minimum atomic E-state index is 0.663. The maximum absolute atomic E-state index is 4.12. The molecule has 0 aliphatic rings. The monoisotopic (exact) mass is 224 g/mol. The Hall–Kier alpha value is -0.930. The molecule has 2 aromatic rings. The zero-order valence-corrected chi connectivity index (χ0v) is 9.45. The molecule has 0 spiro atoms. The van der Waals surface area contributed by atoms with Gasteiger partial charge in [-0.1, -0.05) is 11.3 Å². The summed E-state index contributed by atoms with van der Waals surface area (Å²) in [7, 11) is 0.873. The third-order valence-corrected chi connectivity index (χ3v) is 3.42. The standard InChI is InChI=1S/C8H9N4PS/c1-13-5-6-11-12-8(14-6)7-9-3-2-4-10-7/h2-4,13H,5H2,1H3. The van der Waals surface area contributed by atoms with Gasteiger partial charge in [0, 0.05) is 18.6 Å². The molecule has 0 bridgehead atoms. The summed E-state index contributed by atoms with van der Waals surface area (Å²) >= 11 is 1.57. The van der Waals surface area contributed by atoms with Crippen LogP contribution in [0.3, 0.4) is 0 Å². The van der Waals surface area contributed by atoms with Crippen molar-refractivity contribution in [3.05, 3.63) is 23.5 Å². The smallest absolute Gasteiger partial charge is 0.190 e. The van der Waals surface area contributed by atoms with Crippen LogP contribution >= 0.6 is 19.9 Å². The molecule has 4 nitrogen and oxygen atoms in total. The van der Waals surface area contributed by atoms with E-state index >= 15 is 0 Å². The normalized spacial score (nSPS) is 11.2. The van der Waals surface area contributed by atoms with Crippen LogP contribution in [0.25, 0.3) is 10.8 Å². The van der Waals surface area contributed by atoms with Crippen LogP contribution in [0.15, 0.2) is 18.5 Å². The fourth-order valence-electron chi connectivity index (χ4n) is 0.976. The van der Waals surface area contributed by atoms with E-state index in [1.807, 2.05) is 0 Å². The lowest BCUT2D eigenvalue weighted by Gasteiger charge is -1.89. The lowest BCUT2D eigenvalue weighted by molar-refractivity contribution is 1.03. The van der Waals surface area contributed by atoms with Crippen molar-refractivity contribution in [3.8, 4) is 10.8 Å². The Bertz CT molecular complexity index is 403. The molecular weight excluding hydrogens is 215 g/mol. The number of rotatable bonds is 3. The molecule has 1 atom stereocenters. The van der Waals surface area contributed by atoms with E-state index in [1.165, 1.54) is 0 Å². The van der Waals surface area contributed by atoms with Gasteiger partial charge in [0.2, 0.25) is 0 Å². The molecule has 6 heteroatoms. The Kier molecular flexibility index (Phi) is 3.11. The highest BCUT2D eigenvalue weighted by molar-refractivity contribution is 7.36. The fraction of sp³-hybridized carbons (Fsp3) is 0.250. The summed E-state index contributed by atoms with van der Waals surface area (Å²) < 4.78 is 0. The first-order valence-electron chi connectivity index (χ1n) is 4.14. The van der Waals surface area contributed by atoms with Crippen LogP contribution in [-0.2, 0) is 6.16 Å². The van der Waals surface area contributed by atoms with Gasteiger partial charge in [0.05, 0.1) is 0 Å².